The number of rotatable bonds is 2. The van der Waals surface area contributed by atoms with Gasteiger partial charge in [0.15, 0.2) is 12.5 Å². The summed E-state index contributed by atoms with van der Waals surface area (Å²) < 4.78 is 0. The second-order valence-corrected chi connectivity index (χ2v) is 1.79. The fourth-order valence-electron chi connectivity index (χ4n) is 0.267. The van der Waals surface area contributed by atoms with Crippen molar-refractivity contribution in [3.8, 4) is 0 Å². The van der Waals surface area contributed by atoms with E-state index in [1.807, 2.05) is 0 Å². The maximum atomic E-state index is 8.63. The highest BCUT2D eigenvalue weighted by Crippen LogP contribution is 1.90. The Labute approximate surface area is 48.0 Å². The Kier molecular flexibility index (Phi) is 2.93. The van der Waals surface area contributed by atoms with E-state index in [0.29, 0.717) is 0 Å². The number of hydrogen-bond donors (Lipinski definition) is 3. The third-order valence-electron chi connectivity index (χ3n) is 0.796. The molecule has 1 unspecified atom stereocenters. The number of hydrogen-bond acceptors (Lipinski definition) is 4. The van der Waals surface area contributed by atoms with Gasteiger partial charge in [0.25, 0.3) is 0 Å². The van der Waals surface area contributed by atoms with Crippen molar-refractivity contribution in [1.29, 1.82) is 0 Å². The monoisotopic (exact) mass is 121 g/mol. The molecule has 0 spiro atoms. The van der Waals surface area contributed by atoms with Crippen LogP contribution in [0.4, 0.5) is 0 Å². The van der Waals surface area contributed by atoms with Crippen molar-refractivity contribution in [3.63, 3.8) is 0 Å². The Morgan fingerprint density at radius 2 is 1.50 bits per heavy atom. The van der Waals surface area contributed by atoms with Crippen molar-refractivity contribution in [2.75, 3.05) is 14.1 Å². The molecule has 0 aliphatic carbocycles. The topological polar surface area (TPSA) is 63.9 Å². The molecule has 0 saturated heterocycles. The zero-order valence-corrected chi connectivity index (χ0v) is 4.94. The molecule has 4 nitrogen and oxygen atoms in total. The molecule has 3 N–H and O–H groups in total. The molecule has 0 saturated carbocycles. The molecule has 0 aliphatic rings. The highest BCUT2D eigenvalue weighted by Gasteiger charge is 2.13. The lowest BCUT2D eigenvalue weighted by Crippen LogP contribution is -2.38. The fraction of sp³-hybridized carbons (Fsp3) is 1.00. The van der Waals surface area contributed by atoms with Crippen molar-refractivity contribution >= 4 is 0 Å². The Hall–Kier alpha value is -0.160. The van der Waals surface area contributed by atoms with Gasteiger partial charge < -0.3 is 15.3 Å². The van der Waals surface area contributed by atoms with Gasteiger partial charge in [-0.2, -0.15) is 0 Å². The molecule has 0 rings (SSSR count). The zero-order valence-electron chi connectivity index (χ0n) is 4.94. The lowest BCUT2D eigenvalue weighted by atomic mass is 10.5. The zero-order chi connectivity index (χ0) is 6.73. The van der Waals surface area contributed by atoms with Gasteiger partial charge in [-0.05, 0) is 14.1 Å². The molecule has 8 heavy (non-hydrogen) atoms. The molecule has 0 fully saturated rings. The van der Waals surface area contributed by atoms with Crippen LogP contribution in [-0.4, -0.2) is 46.8 Å². The van der Waals surface area contributed by atoms with Gasteiger partial charge in [-0.25, -0.2) is 0 Å². The quantitative estimate of drug-likeness (QED) is 0.376. The predicted octanol–water partition coefficient (Wildman–Crippen LogP) is -1.82. The molecule has 4 heteroatoms. The lowest BCUT2D eigenvalue weighted by Gasteiger charge is -2.19. The van der Waals surface area contributed by atoms with Gasteiger partial charge in [0.1, 0.15) is 0 Å². The lowest BCUT2D eigenvalue weighted by molar-refractivity contribution is -0.167. The standard InChI is InChI=1S/C4H11NO3/c1-5(2)3(6)4(7)8/h3-4,6-8H,1-2H3. The van der Waals surface area contributed by atoms with Crippen molar-refractivity contribution in [2.45, 2.75) is 12.5 Å². The van der Waals surface area contributed by atoms with Crippen LogP contribution in [0.5, 0.6) is 0 Å². The summed E-state index contributed by atoms with van der Waals surface area (Å²) in [6, 6.07) is 0. The van der Waals surface area contributed by atoms with E-state index in [4.69, 9.17) is 15.3 Å². The van der Waals surface area contributed by atoms with Crippen LogP contribution in [0.1, 0.15) is 0 Å². The SMILES string of the molecule is CN(C)C(O)C(O)O. The predicted molar refractivity (Wildman–Crippen MR) is 27.9 cm³/mol. The smallest absolute Gasteiger partial charge is 0.192 e. The number of nitrogens with zero attached hydrogens (tertiary/aromatic N) is 1. The minimum absolute atomic E-state index is 1.19. The first kappa shape index (κ1) is 7.84. The van der Waals surface area contributed by atoms with Crippen LogP contribution in [0.2, 0.25) is 0 Å². The van der Waals surface area contributed by atoms with E-state index in [1.165, 1.54) is 4.90 Å². The maximum absolute atomic E-state index is 8.63. The van der Waals surface area contributed by atoms with E-state index < -0.39 is 12.5 Å². The van der Waals surface area contributed by atoms with Gasteiger partial charge >= 0.3 is 0 Å². The molecule has 0 aromatic rings. The Morgan fingerprint density at radius 1 is 1.12 bits per heavy atom. The van der Waals surface area contributed by atoms with Crippen molar-refractivity contribution in [2.24, 2.45) is 0 Å². The van der Waals surface area contributed by atoms with Crippen molar-refractivity contribution < 1.29 is 15.3 Å². The molecular weight excluding hydrogens is 110 g/mol. The molecular formula is C4H11NO3. The van der Waals surface area contributed by atoms with Crippen molar-refractivity contribution in [1.82, 2.24) is 4.90 Å². The minimum atomic E-state index is -1.68. The minimum Gasteiger partial charge on any atom is -0.373 e. The molecule has 0 amide bonds. The summed E-state index contributed by atoms with van der Waals surface area (Å²) >= 11 is 0. The maximum Gasteiger partial charge on any atom is 0.192 e. The third kappa shape index (κ3) is 2.23. The van der Waals surface area contributed by atoms with E-state index in [0.717, 1.165) is 0 Å². The van der Waals surface area contributed by atoms with Gasteiger partial charge in [-0.3, -0.25) is 4.90 Å². The van der Waals surface area contributed by atoms with Gasteiger partial charge in [-0.15, -0.1) is 0 Å². The highest BCUT2D eigenvalue weighted by molar-refractivity contribution is 4.49. The van der Waals surface area contributed by atoms with Crippen LogP contribution < -0.4 is 0 Å². The molecule has 50 valence electrons. The Bertz CT molecular complexity index is 56.3. The molecule has 0 radical (unpaired) electrons. The fourth-order valence-corrected chi connectivity index (χ4v) is 0.267. The summed E-state index contributed by atoms with van der Waals surface area (Å²) in [6.45, 7) is 0. The summed E-state index contributed by atoms with van der Waals surface area (Å²) in [6.07, 6.45) is -2.86. The van der Waals surface area contributed by atoms with Gasteiger partial charge in [0, 0.05) is 0 Å². The molecule has 0 bridgehead atoms. The van der Waals surface area contributed by atoms with Crippen molar-refractivity contribution in [3.05, 3.63) is 0 Å². The number of aliphatic hydroxyl groups excluding tert-OH is 2. The molecule has 0 aliphatic heterocycles. The van der Waals surface area contributed by atoms with Crippen LogP contribution in [0.25, 0.3) is 0 Å². The van der Waals surface area contributed by atoms with Gasteiger partial charge in [-0.1, -0.05) is 0 Å². The molecule has 0 heterocycles. The summed E-state index contributed by atoms with van der Waals surface area (Å²) in [7, 11) is 3.09. The first-order chi connectivity index (χ1) is 3.55. The largest absolute Gasteiger partial charge is 0.373 e. The third-order valence-corrected chi connectivity index (χ3v) is 0.796. The van der Waals surface area contributed by atoms with Crippen LogP contribution in [0.3, 0.4) is 0 Å². The average molecular weight is 121 g/mol. The highest BCUT2D eigenvalue weighted by atomic mass is 16.5. The first-order valence-corrected chi connectivity index (χ1v) is 2.26. The average Bonchev–Trinajstić information content (AvgIpc) is 1.64. The molecule has 0 aromatic heterocycles. The second-order valence-electron chi connectivity index (χ2n) is 1.79. The summed E-state index contributed by atoms with van der Waals surface area (Å²) in [5.41, 5.74) is 0. The van der Waals surface area contributed by atoms with Gasteiger partial charge in [0.2, 0.25) is 0 Å². The molecule has 0 aromatic carbocycles. The van der Waals surface area contributed by atoms with E-state index in [2.05, 4.69) is 0 Å². The summed E-state index contributed by atoms with van der Waals surface area (Å²) in [5.74, 6) is 0. The van der Waals surface area contributed by atoms with E-state index in [-0.39, 0.29) is 0 Å². The van der Waals surface area contributed by atoms with E-state index in [9.17, 15) is 0 Å². The second kappa shape index (κ2) is 2.99. The molecule has 1 atom stereocenters. The number of likely N-dealkylation sites (N-methyl/N-ethyl adjacent to an activating group) is 1. The Morgan fingerprint density at radius 3 is 1.50 bits per heavy atom. The summed E-state index contributed by atoms with van der Waals surface area (Å²) in [4.78, 5) is 1.30. The normalized spacial score (nSPS) is 15.4. The number of aliphatic hydroxyl groups is 3. The van der Waals surface area contributed by atoms with Crippen LogP contribution in [0, 0.1) is 0 Å². The van der Waals surface area contributed by atoms with Gasteiger partial charge in [0.05, 0.1) is 0 Å². The first-order valence-electron chi connectivity index (χ1n) is 2.26. The van der Waals surface area contributed by atoms with E-state index in [1.54, 1.807) is 14.1 Å². The summed E-state index contributed by atoms with van der Waals surface area (Å²) in [5, 5.41) is 25.1. The Balaban J connectivity index is 3.46. The van der Waals surface area contributed by atoms with Crippen LogP contribution in [0.15, 0.2) is 0 Å². The van der Waals surface area contributed by atoms with E-state index >= 15 is 0 Å². The van der Waals surface area contributed by atoms with Crippen LogP contribution >= 0.6 is 0 Å². The van der Waals surface area contributed by atoms with Crippen LogP contribution in [-0.2, 0) is 0 Å².